The molecular formula is C2H11CaO5P. The standard InChI is InChI=1S/C2H6O.Ca.H3O4P.2H/c1-2-3;;1-5(2,3)4;;/h3H,2H2,1H3;;(H3,1,2,3,4);;. The van der Waals surface area contributed by atoms with E-state index in [2.05, 4.69) is 0 Å². The predicted octanol–water partition coefficient (Wildman–Crippen LogP) is -1.85. The Balaban J connectivity index is -0.0000000800. The van der Waals surface area contributed by atoms with Crippen LogP contribution in [0.1, 0.15) is 6.92 Å². The van der Waals surface area contributed by atoms with Gasteiger partial charge in [0.2, 0.25) is 0 Å². The first-order valence-corrected chi connectivity index (χ1v) is 3.37. The second kappa shape index (κ2) is 9.33. The van der Waals surface area contributed by atoms with Crippen molar-refractivity contribution >= 4 is 45.6 Å². The van der Waals surface area contributed by atoms with Gasteiger partial charge in [0.25, 0.3) is 0 Å². The van der Waals surface area contributed by atoms with Crippen molar-refractivity contribution in [3.8, 4) is 0 Å². The molecular weight excluding hydrogens is 175 g/mol. The van der Waals surface area contributed by atoms with Crippen molar-refractivity contribution in [2.24, 2.45) is 0 Å². The molecule has 9 heavy (non-hydrogen) atoms. The van der Waals surface area contributed by atoms with E-state index in [1.165, 1.54) is 0 Å². The summed E-state index contributed by atoms with van der Waals surface area (Å²) in [7, 11) is -4.64. The maximum absolute atomic E-state index is 8.88. The van der Waals surface area contributed by atoms with E-state index in [9.17, 15) is 0 Å². The van der Waals surface area contributed by atoms with E-state index in [0.29, 0.717) is 0 Å². The first-order chi connectivity index (χ1) is 3.41. The minimum absolute atomic E-state index is 0. The van der Waals surface area contributed by atoms with Gasteiger partial charge in [0.05, 0.1) is 0 Å². The van der Waals surface area contributed by atoms with Gasteiger partial charge in [-0.2, -0.15) is 0 Å². The monoisotopic (exact) mass is 186 g/mol. The molecule has 0 rings (SSSR count). The fourth-order valence-electron chi connectivity index (χ4n) is 0. The molecule has 0 fully saturated rings. The van der Waals surface area contributed by atoms with Gasteiger partial charge in [0.1, 0.15) is 0 Å². The Bertz CT molecular complexity index is 70.8. The van der Waals surface area contributed by atoms with Crippen molar-refractivity contribution in [3.63, 3.8) is 0 Å². The molecule has 0 aromatic rings. The molecule has 0 amide bonds. The Labute approximate surface area is 83.0 Å². The molecule has 0 spiro atoms. The molecule has 0 aliphatic carbocycles. The van der Waals surface area contributed by atoms with Crippen LogP contribution >= 0.6 is 7.82 Å². The Kier molecular flexibility index (Phi) is 17.3. The molecule has 0 radical (unpaired) electrons. The van der Waals surface area contributed by atoms with Crippen LogP contribution in [0.15, 0.2) is 0 Å². The quantitative estimate of drug-likeness (QED) is 0.263. The Morgan fingerprint density at radius 2 is 1.33 bits per heavy atom. The van der Waals surface area contributed by atoms with Crippen LogP contribution in [0.2, 0.25) is 0 Å². The molecule has 5 nitrogen and oxygen atoms in total. The number of aliphatic hydroxyl groups is 1. The van der Waals surface area contributed by atoms with E-state index in [0.717, 1.165) is 0 Å². The molecule has 0 aromatic carbocycles. The van der Waals surface area contributed by atoms with Crippen LogP contribution in [-0.2, 0) is 4.57 Å². The van der Waals surface area contributed by atoms with Crippen LogP contribution in [0.25, 0.3) is 0 Å². The first-order valence-electron chi connectivity index (χ1n) is 1.81. The van der Waals surface area contributed by atoms with Crippen molar-refractivity contribution in [2.45, 2.75) is 6.92 Å². The molecule has 0 aliphatic heterocycles. The zero-order valence-corrected chi connectivity index (χ0v) is 5.25. The third-order valence-corrected chi connectivity index (χ3v) is 0. The van der Waals surface area contributed by atoms with Gasteiger partial charge in [-0.3, -0.25) is 0 Å². The predicted molar refractivity (Wildman–Crippen MR) is 35.6 cm³/mol. The number of aliphatic hydroxyl groups excluding tert-OH is 1. The van der Waals surface area contributed by atoms with Crippen LogP contribution in [0, 0.1) is 0 Å². The van der Waals surface area contributed by atoms with Gasteiger partial charge in [0, 0.05) is 6.61 Å². The third kappa shape index (κ3) is 283. The summed E-state index contributed by atoms with van der Waals surface area (Å²) in [6, 6.07) is 0. The van der Waals surface area contributed by atoms with Crippen LogP contribution in [-0.4, -0.2) is 64.1 Å². The van der Waals surface area contributed by atoms with Crippen LogP contribution in [0.4, 0.5) is 0 Å². The summed E-state index contributed by atoms with van der Waals surface area (Å²) in [5.74, 6) is 0. The molecule has 0 aromatic heterocycles. The molecule has 0 heterocycles. The molecule has 4 N–H and O–H groups in total. The van der Waals surface area contributed by atoms with E-state index in [1.807, 2.05) is 0 Å². The molecule has 0 saturated heterocycles. The molecule has 0 unspecified atom stereocenters. The molecule has 0 aliphatic rings. The van der Waals surface area contributed by atoms with Crippen LogP contribution in [0.3, 0.4) is 0 Å². The Morgan fingerprint density at radius 3 is 1.33 bits per heavy atom. The zero-order valence-electron chi connectivity index (χ0n) is 4.35. The summed E-state index contributed by atoms with van der Waals surface area (Å²) < 4.78 is 8.88. The van der Waals surface area contributed by atoms with E-state index in [4.69, 9.17) is 24.4 Å². The van der Waals surface area contributed by atoms with E-state index >= 15 is 0 Å². The topological polar surface area (TPSA) is 98.0 Å². The summed E-state index contributed by atoms with van der Waals surface area (Å²) >= 11 is 0. The van der Waals surface area contributed by atoms with Crippen molar-refractivity contribution in [1.29, 1.82) is 0 Å². The minimum atomic E-state index is -4.64. The second-order valence-electron chi connectivity index (χ2n) is 0.830. The summed E-state index contributed by atoms with van der Waals surface area (Å²) in [6.45, 7) is 1.93. The number of phosphoric acid groups is 1. The van der Waals surface area contributed by atoms with E-state index in [1.54, 1.807) is 6.92 Å². The van der Waals surface area contributed by atoms with E-state index < -0.39 is 7.82 Å². The zero-order chi connectivity index (χ0) is 7.21. The summed E-state index contributed by atoms with van der Waals surface area (Å²) in [6.07, 6.45) is 0. The van der Waals surface area contributed by atoms with Gasteiger partial charge in [-0.1, -0.05) is 0 Å². The Hall–Kier alpha value is 1.33. The van der Waals surface area contributed by atoms with Crippen molar-refractivity contribution in [1.82, 2.24) is 0 Å². The second-order valence-corrected chi connectivity index (χ2v) is 1.86. The SMILES string of the molecule is CCO.O=P(O)(O)O.[CaH2]. The van der Waals surface area contributed by atoms with Crippen LogP contribution in [0.5, 0.6) is 0 Å². The summed E-state index contributed by atoms with van der Waals surface area (Å²) in [5, 5.41) is 7.57. The maximum atomic E-state index is 8.88. The van der Waals surface area contributed by atoms with E-state index in [-0.39, 0.29) is 44.3 Å². The van der Waals surface area contributed by atoms with Gasteiger partial charge in [-0.15, -0.1) is 0 Å². The van der Waals surface area contributed by atoms with Gasteiger partial charge in [-0.25, -0.2) is 4.57 Å². The van der Waals surface area contributed by atoms with Gasteiger partial charge < -0.3 is 19.8 Å². The third-order valence-electron chi connectivity index (χ3n) is 0. The van der Waals surface area contributed by atoms with Gasteiger partial charge in [-0.05, 0) is 6.92 Å². The molecule has 0 bridgehead atoms. The molecule has 0 saturated carbocycles. The summed E-state index contributed by atoms with van der Waals surface area (Å²) in [4.78, 5) is 21.6. The average molecular weight is 186 g/mol. The number of hydrogen-bond donors (Lipinski definition) is 4. The normalized spacial score (nSPS) is 8.56. The van der Waals surface area contributed by atoms with Gasteiger partial charge in [0.15, 0.2) is 0 Å². The summed E-state index contributed by atoms with van der Waals surface area (Å²) in [5.41, 5.74) is 0. The first kappa shape index (κ1) is 16.7. The average Bonchev–Trinajstić information content (AvgIpc) is 1.27. The van der Waals surface area contributed by atoms with Gasteiger partial charge >= 0.3 is 45.6 Å². The molecule has 56 valence electrons. The van der Waals surface area contributed by atoms with Crippen molar-refractivity contribution in [2.75, 3.05) is 6.61 Å². The Morgan fingerprint density at radius 1 is 1.33 bits per heavy atom. The van der Waals surface area contributed by atoms with Crippen LogP contribution < -0.4 is 0 Å². The fraction of sp³-hybridized carbons (Fsp3) is 1.00. The number of rotatable bonds is 0. The number of hydrogen-bond acceptors (Lipinski definition) is 2. The van der Waals surface area contributed by atoms with Crippen molar-refractivity contribution in [3.05, 3.63) is 0 Å². The molecule has 7 heteroatoms. The van der Waals surface area contributed by atoms with Crippen molar-refractivity contribution < 1.29 is 24.4 Å². The fourth-order valence-corrected chi connectivity index (χ4v) is 0. The molecule has 0 atom stereocenters.